The van der Waals surface area contributed by atoms with Gasteiger partial charge < -0.3 is 20.6 Å². The number of nitrogens with two attached hydrogens (primary N) is 1. The largest absolute Gasteiger partial charge is 0.465 e. The average molecular weight is 422 g/mol. The van der Waals surface area contributed by atoms with Crippen molar-refractivity contribution in [3.05, 3.63) is 48.0 Å². The zero-order chi connectivity index (χ0) is 22.3. The second kappa shape index (κ2) is 8.03. The van der Waals surface area contributed by atoms with E-state index in [1.165, 1.54) is 11.8 Å². The summed E-state index contributed by atoms with van der Waals surface area (Å²) in [6, 6.07) is 12.5. The van der Waals surface area contributed by atoms with Crippen LogP contribution < -0.4 is 15.5 Å². The number of carbonyl (C=O) groups is 3. The van der Waals surface area contributed by atoms with Crippen molar-refractivity contribution in [1.82, 2.24) is 4.90 Å². The maximum absolute atomic E-state index is 12.6. The average Bonchev–Trinajstić information content (AvgIpc) is 3.18. The van der Waals surface area contributed by atoms with Gasteiger partial charge in [-0.15, -0.1) is 0 Å². The van der Waals surface area contributed by atoms with Crippen LogP contribution in [0.3, 0.4) is 0 Å². The predicted molar refractivity (Wildman–Crippen MR) is 118 cm³/mol. The maximum atomic E-state index is 12.6. The van der Waals surface area contributed by atoms with Crippen LogP contribution in [0.1, 0.15) is 30.6 Å². The number of benzene rings is 2. The molecule has 2 aliphatic rings. The van der Waals surface area contributed by atoms with E-state index in [1.807, 2.05) is 25.1 Å². The summed E-state index contributed by atoms with van der Waals surface area (Å²) < 4.78 is 0. The van der Waals surface area contributed by atoms with Crippen LogP contribution in [0.4, 0.5) is 16.2 Å². The number of carbonyl (C=O) groups excluding carboxylic acids is 2. The van der Waals surface area contributed by atoms with Crippen molar-refractivity contribution < 1.29 is 19.5 Å². The number of hydrogen-bond acceptors (Lipinski definition) is 4. The molecule has 1 saturated heterocycles. The number of anilines is 2. The van der Waals surface area contributed by atoms with Crippen LogP contribution in [0.15, 0.2) is 42.5 Å². The zero-order valence-electron chi connectivity index (χ0n) is 17.6. The summed E-state index contributed by atoms with van der Waals surface area (Å²) in [5, 5.41) is 9.68. The highest BCUT2D eigenvalue weighted by Gasteiger charge is 2.33. The highest BCUT2D eigenvalue weighted by Crippen LogP contribution is 2.39. The molecule has 162 valence electrons. The third-order valence-electron chi connectivity index (χ3n) is 5.96. The molecular formula is C23H26N4O4. The van der Waals surface area contributed by atoms with Gasteiger partial charge in [0, 0.05) is 38.2 Å². The third-order valence-corrected chi connectivity index (χ3v) is 5.96. The monoisotopic (exact) mass is 422 g/mol. The van der Waals surface area contributed by atoms with E-state index < -0.39 is 6.09 Å². The lowest BCUT2D eigenvalue weighted by Gasteiger charge is -2.39. The molecule has 8 nitrogen and oxygen atoms in total. The van der Waals surface area contributed by atoms with Crippen molar-refractivity contribution in [2.45, 2.75) is 32.4 Å². The number of hydrogen-bond donors (Lipinski definition) is 2. The minimum absolute atomic E-state index is 0.0342. The molecule has 0 aromatic heterocycles. The number of amides is 3. The maximum Gasteiger partial charge on any atom is 0.411 e. The molecule has 1 fully saturated rings. The molecular weight excluding hydrogens is 396 g/mol. The van der Waals surface area contributed by atoms with Gasteiger partial charge in [0.25, 0.3) is 5.91 Å². The van der Waals surface area contributed by atoms with Gasteiger partial charge in [-0.25, -0.2) is 4.79 Å². The van der Waals surface area contributed by atoms with Gasteiger partial charge in [-0.1, -0.05) is 18.2 Å². The van der Waals surface area contributed by atoms with Gasteiger partial charge in [0.1, 0.15) is 0 Å². The van der Waals surface area contributed by atoms with Crippen molar-refractivity contribution in [2.24, 2.45) is 5.73 Å². The van der Waals surface area contributed by atoms with Crippen molar-refractivity contribution in [3.63, 3.8) is 0 Å². The Morgan fingerprint density at radius 2 is 1.68 bits per heavy atom. The van der Waals surface area contributed by atoms with E-state index >= 15 is 0 Å². The molecule has 0 radical (unpaired) electrons. The number of nitrogens with zero attached hydrogens (tertiary/aromatic N) is 3. The molecule has 2 atom stereocenters. The predicted octanol–water partition coefficient (Wildman–Crippen LogP) is 2.77. The third kappa shape index (κ3) is 3.86. The van der Waals surface area contributed by atoms with Crippen LogP contribution in [0.25, 0.3) is 11.1 Å². The fraction of sp³-hybridized carbons (Fsp3) is 0.348. The topological polar surface area (TPSA) is 107 Å². The molecule has 1 unspecified atom stereocenters. The minimum Gasteiger partial charge on any atom is -0.465 e. The fourth-order valence-electron chi connectivity index (χ4n) is 4.43. The molecule has 4 rings (SSSR count). The summed E-state index contributed by atoms with van der Waals surface area (Å²) >= 11 is 0. The summed E-state index contributed by atoms with van der Waals surface area (Å²) in [4.78, 5) is 41.3. The molecule has 0 spiro atoms. The standard InChI is InChI=1S/C23H26N4O4/c1-14-12-26(23(30)31)21-11-18(7-8-20(21)27(14)15(2)28)16-3-5-17(6-4-16)22(29)25-10-9-19(24)13-25/h3-8,11,14,19H,9-10,12-13,24H2,1-2H3,(H,30,31)/t14-,19?/m0/s1. The van der Waals surface area contributed by atoms with Crippen LogP contribution >= 0.6 is 0 Å². The summed E-state index contributed by atoms with van der Waals surface area (Å²) in [6.45, 7) is 4.76. The first-order valence-electron chi connectivity index (χ1n) is 10.4. The Hall–Kier alpha value is -3.39. The molecule has 2 aromatic rings. The van der Waals surface area contributed by atoms with Crippen LogP contribution in [0.5, 0.6) is 0 Å². The summed E-state index contributed by atoms with van der Waals surface area (Å²) in [5.41, 5.74) is 9.22. The van der Waals surface area contributed by atoms with Crippen molar-refractivity contribution in [1.29, 1.82) is 0 Å². The van der Waals surface area contributed by atoms with Gasteiger partial charge in [0.2, 0.25) is 5.91 Å². The van der Waals surface area contributed by atoms with Gasteiger partial charge in [-0.2, -0.15) is 0 Å². The lowest BCUT2D eigenvalue weighted by atomic mass is 9.99. The Morgan fingerprint density at radius 3 is 2.26 bits per heavy atom. The first kappa shape index (κ1) is 20.9. The van der Waals surface area contributed by atoms with E-state index in [0.717, 1.165) is 17.5 Å². The second-order valence-corrected chi connectivity index (χ2v) is 8.21. The molecule has 3 N–H and O–H groups in total. The molecule has 8 heteroatoms. The van der Waals surface area contributed by atoms with E-state index in [2.05, 4.69) is 0 Å². The molecule has 0 aliphatic carbocycles. The van der Waals surface area contributed by atoms with E-state index in [-0.39, 0.29) is 30.4 Å². The van der Waals surface area contributed by atoms with Gasteiger partial charge in [0.05, 0.1) is 17.4 Å². The van der Waals surface area contributed by atoms with Crippen molar-refractivity contribution in [2.75, 3.05) is 29.4 Å². The van der Waals surface area contributed by atoms with E-state index in [9.17, 15) is 19.5 Å². The van der Waals surface area contributed by atoms with E-state index in [0.29, 0.717) is 30.0 Å². The molecule has 0 saturated carbocycles. The molecule has 0 bridgehead atoms. The Morgan fingerprint density at radius 1 is 1.00 bits per heavy atom. The van der Waals surface area contributed by atoms with E-state index in [1.54, 1.807) is 34.1 Å². The normalized spacial score (nSPS) is 20.5. The van der Waals surface area contributed by atoms with Gasteiger partial charge in [0.15, 0.2) is 0 Å². The summed E-state index contributed by atoms with van der Waals surface area (Å²) in [5.74, 6) is -0.163. The summed E-state index contributed by atoms with van der Waals surface area (Å²) in [7, 11) is 0. The fourth-order valence-corrected chi connectivity index (χ4v) is 4.43. The SMILES string of the molecule is CC(=O)N1c2ccc(-c3ccc(C(=O)N4CCC(N)C4)cc3)cc2N(C(=O)O)C[C@@H]1C. The molecule has 2 aromatic carbocycles. The van der Waals surface area contributed by atoms with Crippen LogP contribution in [0, 0.1) is 0 Å². The number of carboxylic acid groups (broad SMARTS) is 1. The van der Waals surface area contributed by atoms with E-state index in [4.69, 9.17) is 5.73 Å². The molecule has 3 amide bonds. The first-order valence-corrected chi connectivity index (χ1v) is 10.4. The van der Waals surface area contributed by atoms with Crippen LogP contribution in [0.2, 0.25) is 0 Å². The quantitative estimate of drug-likeness (QED) is 0.774. The first-order chi connectivity index (χ1) is 14.8. The minimum atomic E-state index is -1.06. The Balaban J connectivity index is 1.65. The second-order valence-electron chi connectivity index (χ2n) is 8.21. The number of rotatable bonds is 2. The lowest BCUT2D eigenvalue weighted by molar-refractivity contribution is -0.117. The van der Waals surface area contributed by atoms with Crippen molar-refractivity contribution >= 4 is 29.3 Å². The van der Waals surface area contributed by atoms with Gasteiger partial charge >= 0.3 is 6.09 Å². The van der Waals surface area contributed by atoms with Gasteiger partial charge in [-0.3, -0.25) is 14.5 Å². The molecule has 31 heavy (non-hydrogen) atoms. The van der Waals surface area contributed by atoms with Crippen molar-refractivity contribution in [3.8, 4) is 11.1 Å². The molecule has 2 aliphatic heterocycles. The molecule has 2 heterocycles. The Bertz CT molecular complexity index is 1040. The number of fused-ring (bicyclic) bond motifs is 1. The Kier molecular flexibility index (Phi) is 5.41. The smallest absolute Gasteiger partial charge is 0.411 e. The highest BCUT2D eigenvalue weighted by atomic mass is 16.4. The zero-order valence-corrected chi connectivity index (χ0v) is 17.6. The van der Waals surface area contributed by atoms with Crippen LogP contribution in [-0.4, -0.2) is 59.6 Å². The summed E-state index contributed by atoms with van der Waals surface area (Å²) in [6.07, 6.45) is -0.243. The van der Waals surface area contributed by atoms with Crippen LogP contribution in [-0.2, 0) is 4.79 Å². The lowest BCUT2D eigenvalue weighted by Crippen LogP contribution is -2.51. The number of likely N-dealkylation sites (tertiary alicyclic amines) is 1. The van der Waals surface area contributed by atoms with Gasteiger partial charge in [-0.05, 0) is 48.7 Å². The highest BCUT2D eigenvalue weighted by molar-refractivity contribution is 6.03. The Labute approximate surface area is 180 Å².